The van der Waals surface area contributed by atoms with Crippen LogP contribution in [0.1, 0.15) is 16.7 Å². The van der Waals surface area contributed by atoms with Crippen LogP contribution < -0.4 is 19.5 Å². The lowest BCUT2D eigenvalue weighted by Gasteiger charge is -2.12. The summed E-state index contributed by atoms with van der Waals surface area (Å²) in [6, 6.07) is 37.1. The molecule has 45 heavy (non-hydrogen) atoms. The highest BCUT2D eigenvalue weighted by Crippen LogP contribution is 2.36. The Labute approximate surface area is 261 Å². The van der Waals surface area contributed by atoms with E-state index in [1.54, 1.807) is 24.3 Å². The summed E-state index contributed by atoms with van der Waals surface area (Å²) in [7, 11) is 0. The maximum absolute atomic E-state index is 13.0. The number of hydrogen-bond acceptors (Lipinski definition) is 7. The van der Waals surface area contributed by atoms with Gasteiger partial charge >= 0.3 is 6.18 Å². The summed E-state index contributed by atoms with van der Waals surface area (Å²) in [5.74, 6) is 1.77. The molecule has 10 heteroatoms. The average Bonchev–Trinajstić information content (AvgIpc) is 3.53. The first-order valence-electron chi connectivity index (χ1n) is 13.9. The Hall–Kier alpha value is -5.35. The number of benzene rings is 5. The third-order valence-electron chi connectivity index (χ3n) is 6.55. The van der Waals surface area contributed by atoms with Crippen molar-refractivity contribution in [2.75, 3.05) is 5.32 Å². The fraction of sp³-hybridized carbons (Fsp3) is 0.0857. The Morgan fingerprint density at radius 1 is 0.600 bits per heavy atom. The Kier molecular flexibility index (Phi) is 8.93. The zero-order chi connectivity index (χ0) is 31.1. The second kappa shape index (κ2) is 13.5. The van der Waals surface area contributed by atoms with Crippen LogP contribution in [0.3, 0.4) is 0 Å². The SMILES string of the molecule is FC(F)(F)c1cccc(Oc2ccc(Nc3nnc(-c4cc(OCc5ccccc5)cc(OCc5ccccc5)c4)s3)cc2)c1. The van der Waals surface area contributed by atoms with Crippen LogP contribution in [-0.4, -0.2) is 10.2 Å². The molecule has 0 unspecified atom stereocenters. The van der Waals surface area contributed by atoms with Crippen molar-refractivity contribution in [2.45, 2.75) is 19.4 Å². The number of alkyl halides is 3. The van der Waals surface area contributed by atoms with Crippen LogP contribution in [0.4, 0.5) is 24.0 Å². The lowest BCUT2D eigenvalue weighted by Crippen LogP contribution is -2.04. The summed E-state index contributed by atoms with van der Waals surface area (Å²) >= 11 is 1.36. The van der Waals surface area contributed by atoms with Crippen molar-refractivity contribution in [1.82, 2.24) is 10.2 Å². The summed E-state index contributed by atoms with van der Waals surface area (Å²) < 4.78 is 56.9. The lowest BCUT2D eigenvalue weighted by atomic mass is 10.2. The molecule has 6 rings (SSSR count). The predicted molar refractivity (Wildman–Crippen MR) is 168 cm³/mol. The molecule has 226 valence electrons. The monoisotopic (exact) mass is 625 g/mol. The van der Waals surface area contributed by atoms with Gasteiger partial charge in [0.15, 0.2) is 0 Å². The molecular weight excluding hydrogens is 599 g/mol. The Morgan fingerprint density at radius 3 is 1.82 bits per heavy atom. The van der Waals surface area contributed by atoms with E-state index in [0.717, 1.165) is 28.8 Å². The summed E-state index contributed by atoms with van der Waals surface area (Å²) in [5, 5.41) is 13.1. The molecule has 0 amide bonds. The van der Waals surface area contributed by atoms with Crippen molar-refractivity contribution in [2.24, 2.45) is 0 Å². The minimum atomic E-state index is -4.44. The summed E-state index contributed by atoms with van der Waals surface area (Å²) in [5.41, 5.74) is 2.82. The van der Waals surface area contributed by atoms with E-state index in [9.17, 15) is 13.2 Å². The molecule has 0 fully saturated rings. The number of nitrogens with one attached hydrogen (secondary N) is 1. The number of rotatable bonds is 11. The van der Waals surface area contributed by atoms with E-state index in [1.165, 1.54) is 23.5 Å². The van der Waals surface area contributed by atoms with E-state index >= 15 is 0 Å². The van der Waals surface area contributed by atoms with Crippen molar-refractivity contribution < 1.29 is 27.4 Å². The first-order valence-corrected chi connectivity index (χ1v) is 14.7. The van der Waals surface area contributed by atoms with Gasteiger partial charge in [0.1, 0.15) is 41.2 Å². The smallest absolute Gasteiger partial charge is 0.416 e. The van der Waals surface area contributed by atoms with Gasteiger partial charge in [0.05, 0.1) is 5.56 Å². The van der Waals surface area contributed by atoms with Gasteiger partial charge in [-0.15, -0.1) is 10.2 Å². The van der Waals surface area contributed by atoms with Gasteiger partial charge in [0.25, 0.3) is 0 Å². The molecule has 0 aliphatic rings. The Balaban J connectivity index is 1.15. The molecule has 0 aliphatic heterocycles. The van der Waals surface area contributed by atoms with Gasteiger partial charge < -0.3 is 19.5 Å². The molecule has 1 heterocycles. The fourth-order valence-electron chi connectivity index (χ4n) is 4.34. The van der Waals surface area contributed by atoms with Gasteiger partial charge in [-0.1, -0.05) is 78.1 Å². The second-order valence-electron chi connectivity index (χ2n) is 9.93. The fourth-order valence-corrected chi connectivity index (χ4v) is 5.09. The van der Waals surface area contributed by atoms with Crippen LogP contribution in [-0.2, 0) is 19.4 Å². The van der Waals surface area contributed by atoms with E-state index < -0.39 is 11.7 Å². The quantitative estimate of drug-likeness (QED) is 0.155. The summed E-state index contributed by atoms with van der Waals surface area (Å²) in [4.78, 5) is 0. The number of anilines is 2. The van der Waals surface area contributed by atoms with E-state index in [0.29, 0.717) is 46.3 Å². The normalized spacial score (nSPS) is 11.2. The van der Waals surface area contributed by atoms with E-state index in [4.69, 9.17) is 14.2 Å². The molecule has 0 saturated carbocycles. The average molecular weight is 626 g/mol. The van der Waals surface area contributed by atoms with Crippen molar-refractivity contribution in [3.8, 4) is 33.6 Å². The first-order chi connectivity index (χ1) is 21.9. The molecule has 1 N–H and O–H groups in total. The topological polar surface area (TPSA) is 65.5 Å². The molecule has 6 aromatic rings. The number of hydrogen-bond donors (Lipinski definition) is 1. The van der Waals surface area contributed by atoms with E-state index in [-0.39, 0.29) is 5.75 Å². The van der Waals surface area contributed by atoms with Crippen LogP contribution in [0.15, 0.2) is 127 Å². The van der Waals surface area contributed by atoms with Gasteiger partial charge in [-0.2, -0.15) is 13.2 Å². The minimum absolute atomic E-state index is 0.0985. The highest BCUT2D eigenvalue weighted by atomic mass is 32.1. The van der Waals surface area contributed by atoms with E-state index in [1.807, 2.05) is 78.9 Å². The van der Waals surface area contributed by atoms with E-state index in [2.05, 4.69) is 15.5 Å². The molecule has 0 spiro atoms. The molecule has 1 aromatic heterocycles. The van der Waals surface area contributed by atoms with Crippen molar-refractivity contribution in [3.63, 3.8) is 0 Å². The molecule has 5 aromatic carbocycles. The second-order valence-corrected chi connectivity index (χ2v) is 10.9. The number of halogens is 3. The van der Waals surface area contributed by atoms with Crippen molar-refractivity contribution in [3.05, 3.63) is 144 Å². The standard InChI is InChI=1S/C35H26F3N3O3S/c36-35(37,38)27-12-7-13-30(20-27)44-29-16-14-28(15-17-29)39-34-41-40-33(45-34)26-18-31(42-22-24-8-3-1-4-9-24)21-32(19-26)43-23-25-10-5-2-6-11-25/h1-21H,22-23H2,(H,39,41). The largest absolute Gasteiger partial charge is 0.489 e. The zero-order valence-corrected chi connectivity index (χ0v) is 24.5. The summed E-state index contributed by atoms with van der Waals surface area (Å²) in [6.07, 6.45) is -4.44. The number of aromatic nitrogens is 2. The third-order valence-corrected chi connectivity index (χ3v) is 7.44. The summed E-state index contributed by atoms with van der Waals surface area (Å²) in [6.45, 7) is 0.803. The predicted octanol–water partition coefficient (Wildman–Crippen LogP) is 9.92. The van der Waals surface area contributed by atoms with Gasteiger partial charge in [-0.3, -0.25) is 0 Å². The van der Waals surface area contributed by atoms with Gasteiger partial charge in [-0.05, 0) is 65.7 Å². The molecule has 0 saturated heterocycles. The van der Waals surface area contributed by atoms with Gasteiger partial charge in [-0.25, -0.2) is 0 Å². The maximum Gasteiger partial charge on any atom is 0.416 e. The lowest BCUT2D eigenvalue weighted by molar-refractivity contribution is -0.137. The highest BCUT2D eigenvalue weighted by Gasteiger charge is 2.30. The van der Waals surface area contributed by atoms with Crippen LogP contribution >= 0.6 is 11.3 Å². The first kappa shape index (κ1) is 29.7. The Bertz CT molecular complexity index is 1790. The Morgan fingerprint density at radius 2 is 1.22 bits per heavy atom. The third kappa shape index (κ3) is 8.18. The minimum Gasteiger partial charge on any atom is -0.489 e. The highest BCUT2D eigenvalue weighted by molar-refractivity contribution is 7.18. The van der Waals surface area contributed by atoms with Crippen LogP contribution in [0.5, 0.6) is 23.0 Å². The molecule has 6 nitrogen and oxygen atoms in total. The van der Waals surface area contributed by atoms with Crippen LogP contribution in [0.25, 0.3) is 10.6 Å². The van der Waals surface area contributed by atoms with Gasteiger partial charge in [0.2, 0.25) is 5.13 Å². The molecular formula is C35H26F3N3O3S. The van der Waals surface area contributed by atoms with Crippen molar-refractivity contribution in [1.29, 1.82) is 0 Å². The molecule has 0 atom stereocenters. The number of nitrogens with zero attached hydrogens (tertiary/aromatic N) is 2. The maximum atomic E-state index is 13.0. The van der Waals surface area contributed by atoms with Crippen molar-refractivity contribution >= 4 is 22.2 Å². The van der Waals surface area contributed by atoms with Crippen LogP contribution in [0, 0.1) is 0 Å². The molecule has 0 radical (unpaired) electrons. The molecule has 0 aliphatic carbocycles. The van der Waals surface area contributed by atoms with Gasteiger partial charge in [0, 0.05) is 17.3 Å². The zero-order valence-electron chi connectivity index (χ0n) is 23.7. The van der Waals surface area contributed by atoms with Crippen LogP contribution in [0.2, 0.25) is 0 Å². The molecule has 0 bridgehead atoms. The number of ether oxygens (including phenoxy) is 3.